The maximum atomic E-state index is 11.3. The average molecular weight is 245 g/mol. The summed E-state index contributed by atoms with van der Waals surface area (Å²) in [5.41, 5.74) is 6.28. The first kappa shape index (κ1) is 11.2. The van der Waals surface area contributed by atoms with E-state index in [1.54, 1.807) is 6.07 Å². The van der Waals surface area contributed by atoms with Gasteiger partial charge in [-0.05, 0) is 24.9 Å². The summed E-state index contributed by atoms with van der Waals surface area (Å²) in [7, 11) is 0. The van der Waals surface area contributed by atoms with Gasteiger partial charge in [0.1, 0.15) is 5.82 Å². The van der Waals surface area contributed by atoms with Crippen molar-refractivity contribution in [3.8, 4) is 11.5 Å². The van der Waals surface area contributed by atoms with Gasteiger partial charge in [0, 0.05) is 19.0 Å². The number of nitrogens with one attached hydrogen (secondary N) is 1. The number of nitrogens with zero attached hydrogens (tertiary/aromatic N) is 3. The molecule has 3 rings (SSSR count). The number of H-pyrrole nitrogens is 1. The highest BCUT2D eigenvalue weighted by molar-refractivity contribution is 5.49. The molecule has 18 heavy (non-hydrogen) atoms. The Bertz CT molecular complexity index is 615. The Morgan fingerprint density at radius 3 is 3.11 bits per heavy atom. The lowest BCUT2D eigenvalue weighted by atomic mass is 9.98. The number of aromatic nitrogens is 4. The van der Waals surface area contributed by atoms with Crippen LogP contribution in [0.15, 0.2) is 23.0 Å². The van der Waals surface area contributed by atoms with Crippen LogP contribution in [0.3, 0.4) is 0 Å². The van der Waals surface area contributed by atoms with Crippen LogP contribution in [-0.4, -0.2) is 26.3 Å². The normalized spacial score (nSPS) is 18.6. The topological polar surface area (TPSA) is 89.6 Å². The molecule has 1 aliphatic rings. The summed E-state index contributed by atoms with van der Waals surface area (Å²) < 4.78 is 2.07. The molecule has 2 aromatic heterocycles. The van der Waals surface area contributed by atoms with Crippen molar-refractivity contribution in [2.45, 2.75) is 19.4 Å². The minimum atomic E-state index is -0.125. The van der Waals surface area contributed by atoms with Crippen LogP contribution in [-0.2, 0) is 13.0 Å². The number of aromatic amines is 1. The molecule has 3 N–H and O–H groups in total. The first-order valence-corrected chi connectivity index (χ1v) is 6.10. The van der Waals surface area contributed by atoms with E-state index in [-0.39, 0.29) is 5.56 Å². The Balaban J connectivity index is 2.01. The zero-order valence-corrected chi connectivity index (χ0v) is 9.97. The molecule has 3 heterocycles. The number of hydrogen-bond acceptors (Lipinski definition) is 4. The highest BCUT2D eigenvalue weighted by atomic mass is 16.1. The van der Waals surface area contributed by atoms with E-state index in [9.17, 15) is 4.79 Å². The van der Waals surface area contributed by atoms with E-state index in [0.29, 0.717) is 18.2 Å². The van der Waals surface area contributed by atoms with Crippen LogP contribution in [0, 0.1) is 5.92 Å². The van der Waals surface area contributed by atoms with Crippen LogP contribution >= 0.6 is 0 Å². The zero-order chi connectivity index (χ0) is 12.5. The van der Waals surface area contributed by atoms with Crippen LogP contribution in [0.4, 0.5) is 0 Å². The second-order valence-corrected chi connectivity index (χ2v) is 4.61. The van der Waals surface area contributed by atoms with E-state index in [2.05, 4.69) is 19.7 Å². The van der Waals surface area contributed by atoms with Gasteiger partial charge in [-0.15, -0.1) is 10.2 Å². The molecule has 0 bridgehead atoms. The fourth-order valence-corrected chi connectivity index (χ4v) is 2.37. The van der Waals surface area contributed by atoms with E-state index in [1.807, 2.05) is 6.07 Å². The molecule has 0 fully saturated rings. The van der Waals surface area contributed by atoms with Gasteiger partial charge in [0.15, 0.2) is 5.82 Å². The summed E-state index contributed by atoms with van der Waals surface area (Å²) in [6.07, 6.45) is 1.90. The molecule has 0 radical (unpaired) electrons. The lowest BCUT2D eigenvalue weighted by molar-refractivity contribution is 0.391. The van der Waals surface area contributed by atoms with Gasteiger partial charge in [-0.3, -0.25) is 4.79 Å². The number of rotatable bonds is 2. The van der Waals surface area contributed by atoms with Gasteiger partial charge in [-0.25, -0.2) is 0 Å². The van der Waals surface area contributed by atoms with Crippen LogP contribution in [0.1, 0.15) is 12.2 Å². The molecule has 1 unspecified atom stereocenters. The van der Waals surface area contributed by atoms with Gasteiger partial charge in [0.05, 0.1) is 5.69 Å². The summed E-state index contributed by atoms with van der Waals surface area (Å²) in [5, 5.41) is 8.38. The van der Waals surface area contributed by atoms with Crippen molar-refractivity contribution < 1.29 is 0 Å². The molecule has 6 nitrogen and oxygen atoms in total. The first-order valence-electron chi connectivity index (χ1n) is 6.10. The summed E-state index contributed by atoms with van der Waals surface area (Å²) in [6.45, 7) is 1.54. The fraction of sp³-hybridized carbons (Fsp3) is 0.417. The number of nitrogens with two attached hydrogens (primary N) is 1. The summed E-state index contributed by atoms with van der Waals surface area (Å²) in [6, 6.07) is 5.05. The molecule has 0 saturated heterocycles. The second-order valence-electron chi connectivity index (χ2n) is 4.61. The standard InChI is InChI=1S/C12H15N5O/c13-7-8-4-5-17-10(6-8)15-16-12(17)9-2-1-3-11(18)14-9/h1-3,8H,4-7,13H2,(H,14,18). The number of hydrogen-bond donors (Lipinski definition) is 2. The smallest absolute Gasteiger partial charge is 0.248 e. The minimum Gasteiger partial charge on any atom is -0.330 e. The van der Waals surface area contributed by atoms with Gasteiger partial charge in [0.25, 0.3) is 0 Å². The summed E-state index contributed by atoms with van der Waals surface area (Å²) >= 11 is 0. The monoisotopic (exact) mass is 245 g/mol. The van der Waals surface area contributed by atoms with Crippen molar-refractivity contribution in [3.63, 3.8) is 0 Å². The average Bonchev–Trinajstić information content (AvgIpc) is 2.81. The zero-order valence-electron chi connectivity index (χ0n) is 9.97. The number of fused-ring (bicyclic) bond motifs is 1. The Hall–Kier alpha value is -1.95. The van der Waals surface area contributed by atoms with Crippen molar-refractivity contribution >= 4 is 0 Å². The van der Waals surface area contributed by atoms with E-state index in [1.165, 1.54) is 6.07 Å². The first-order chi connectivity index (χ1) is 8.78. The van der Waals surface area contributed by atoms with Gasteiger partial charge < -0.3 is 15.3 Å². The largest absolute Gasteiger partial charge is 0.330 e. The predicted octanol–water partition coefficient (Wildman–Crippen LogP) is 0.154. The van der Waals surface area contributed by atoms with Crippen molar-refractivity contribution in [3.05, 3.63) is 34.4 Å². The van der Waals surface area contributed by atoms with Crippen LogP contribution < -0.4 is 11.3 Å². The third-order valence-corrected chi connectivity index (χ3v) is 3.40. The Labute approximate surface area is 104 Å². The highest BCUT2D eigenvalue weighted by Gasteiger charge is 2.22. The third kappa shape index (κ3) is 1.84. The van der Waals surface area contributed by atoms with Gasteiger partial charge in [-0.1, -0.05) is 6.07 Å². The molecule has 1 aliphatic heterocycles. The lowest BCUT2D eigenvalue weighted by Crippen LogP contribution is -2.26. The van der Waals surface area contributed by atoms with Crippen LogP contribution in [0.2, 0.25) is 0 Å². The van der Waals surface area contributed by atoms with Gasteiger partial charge in [-0.2, -0.15) is 0 Å². The molecular weight excluding hydrogens is 230 g/mol. The maximum absolute atomic E-state index is 11.3. The second kappa shape index (κ2) is 4.38. The maximum Gasteiger partial charge on any atom is 0.248 e. The SMILES string of the molecule is NCC1CCn2c(nnc2-c2cccc(=O)[nH]2)C1. The molecule has 0 amide bonds. The van der Waals surface area contributed by atoms with Crippen molar-refractivity contribution in [1.82, 2.24) is 19.7 Å². The summed E-state index contributed by atoms with van der Waals surface area (Å²) in [5.74, 6) is 2.18. The van der Waals surface area contributed by atoms with Crippen LogP contribution in [0.25, 0.3) is 11.5 Å². The van der Waals surface area contributed by atoms with E-state index < -0.39 is 0 Å². The summed E-state index contributed by atoms with van der Waals surface area (Å²) in [4.78, 5) is 14.1. The minimum absolute atomic E-state index is 0.125. The van der Waals surface area contributed by atoms with Crippen molar-refractivity contribution in [2.75, 3.05) is 6.54 Å². The fourth-order valence-electron chi connectivity index (χ4n) is 2.37. The lowest BCUT2D eigenvalue weighted by Gasteiger charge is -2.22. The quantitative estimate of drug-likeness (QED) is 0.788. The molecule has 0 aliphatic carbocycles. The Morgan fingerprint density at radius 2 is 2.33 bits per heavy atom. The van der Waals surface area contributed by atoms with Gasteiger partial charge in [0.2, 0.25) is 5.56 Å². The van der Waals surface area contributed by atoms with Crippen molar-refractivity contribution in [1.29, 1.82) is 0 Å². The highest BCUT2D eigenvalue weighted by Crippen LogP contribution is 2.23. The Morgan fingerprint density at radius 1 is 1.44 bits per heavy atom. The van der Waals surface area contributed by atoms with E-state index in [4.69, 9.17) is 5.73 Å². The molecule has 94 valence electrons. The van der Waals surface area contributed by atoms with Gasteiger partial charge >= 0.3 is 0 Å². The van der Waals surface area contributed by atoms with Crippen LogP contribution in [0.5, 0.6) is 0 Å². The molecule has 0 aromatic carbocycles. The molecule has 0 saturated carbocycles. The number of pyridine rings is 1. The molecule has 6 heteroatoms. The van der Waals surface area contributed by atoms with E-state index >= 15 is 0 Å². The molecular formula is C12H15N5O. The van der Waals surface area contributed by atoms with Crippen molar-refractivity contribution in [2.24, 2.45) is 11.7 Å². The molecule has 1 atom stereocenters. The molecule has 2 aromatic rings. The predicted molar refractivity (Wildman–Crippen MR) is 66.9 cm³/mol. The molecule has 0 spiro atoms. The Kier molecular flexibility index (Phi) is 2.71. The third-order valence-electron chi connectivity index (χ3n) is 3.40. The van der Waals surface area contributed by atoms with E-state index in [0.717, 1.165) is 31.0 Å².